The quantitative estimate of drug-likeness (QED) is 0.0321. The molecule has 65 heavy (non-hydrogen) atoms. The summed E-state index contributed by atoms with van der Waals surface area (Å²) in [6.07, 6.45) is 67.5. The van der Waals surface area contributed by atoms with Crippen molar-refractivity contribution in [2.45, 2.75) is 315 Å². The number of nitrogens with one attached hydrogen (secondary N) is 1. The van der Waals surface area contributed by atoms with Crippen LogP contribution in [0.2, 0.25) is 0 Å². The topological polar surface area (TPSA) is 95.9 Å². The van der Waals surface area contributed by atoms with Crippen LogP contribution in [0.4, 0.5) is 0 Å². The molecule has 3 N–H and O–H groups in total. The van der Waals surface area contributed by atoms with E-state index in [4.69, 9.17) is 4.74 Å². The van der Waals surface area contributed by atoms with Crippen molar-refractivity contribution in [2.75, 3.05) is 13.2 Å². The van der Waals surface area contributed by atoms with Gasteiger partial charge in [-0.05, 0) is 83.5 Å². The van der Waals surface area contributed by atoms with Gasteiger partial charge in [-0.3, -0.25) is 9.59 Å². The number of carbonyl (C=O) groups excluding carboxylic acids is 2. The summed E-state index contributed by atoms with van der Waals surface area (Å²) in [6, 6.07) is -0.627. The Bertz CT molecular complexity index is 1060. The van der Waals surface area contributed by atoms with Crippen LogP contribution in [0.5, 0.6) is 0 Å². The number of hydrogen-bond acceptors (Lipinski definition) is 5. The van der Waals surface area contributed by atoms with Crippen LogP contribution in [0.1, 0.15) is 303 Å². The van der Waals surface area contributed by atoms with Gasteiger partial charge in [0, 0.05) is 12.8 Å². The van der Waals surface area contributed by atoms with E-state index in [9.17, 15) is 19.8 Å². The molecule has 0 aromatic carbocycles. The van der Waals surface area contributed by atoms with Gasteiger partial charge in [-0.2, -0.15) is 0 Å². The Hall–Kier alpha value is -1.92. The van der Waals surface area contributed by atoms with Gasteiger partial charge in [0.05, 0.1) is 25.4 Å². The minimum absolute atomic E-state index is 0.00329. The van der Waals surface area contributed by atoms with Gasteiger partial charge in [0.25, 0.3) is 0 Å². The molecule has 0 fully saturated rings. The Labute approximate surface area is 404 Å². The average molecular weight is 915 g/mol. The number of ether oxygens (including phenoxy) is 1. The summed E-state index contributed by atoms with van der Waals surface area (Å²) in [5.41, 5.74) is 0. The van der Waals surface area contributed by atoms with Gasteiger partial charge in [-0.15, -0.1) is 0 Å². The van der Waals surface area contributed by atoms with Crippen LogP contribution in [0.3, 0.4) is 0 Å². The van der Waals surface area contributed by atoms with Crippen LogP contribution in [0.25, 0.3) is 0 Å². The van der Waals surface area contributed by atoms with E-state index >= 15 is 0 Å². The molecule has 0 aliphatic heterocycles. The molecule has 6 heteroatoms. The lowest BCUT2D eigenvalue weighted by Crippen LogP contribution is -2.45. The normalized spacial score (nSPS) is 12.9. The molecule has 2 unspecified atom stereocenters. The van der Waals surface area contributed by atoms with Gasteiger partial charge in [0.1, 0.15) is 0 Å². The maximum Gasteiger partial charge on any atom is 0.305 e. The van der Waals surface area contributed by atoms with E-state index in [0.717, 1.165) is 44.9 Å². The minimum atomic E-state index is -0.843. The molecule has 0 heterocycles. The van der Waals surface area contributed by atoms with Gasteiger partial charge in [0.15, 0.2) is 0 Å². The van der Waals surface area contributed by atoms with Crippen molar-refractivity contribution in [1.29, 1.82) is 0 Å². The smallest absolute Gasteiger partial charge is 0.305 e. The molecule has 6 nitrogen and oxygen atoms in total. The third kappa shape index (κ3) is 51.3. The first-order chi connectivity index (χ1) is 32.0. The number of aliphatic hydroxyl groups excluding tert-OH is 2. The predicted molar refractivity (Wildman–Crippen MR) is 283 cm³/mol. The molecule has 2 atom stereocenters. The van der Waals surface area contributed by atoms with Crippen LogP contribution in [0.15, 0.2) is 36.5 Å². The Kier molecular flexibility index (Phi) is 53.1. The molecule has 0 bridgehead atoms. The van der Waals surface area contributed by atoms with Crippen LogP contribution in [0, 0.1) is 0 Å². The lowest BCUT2D eigenvalue weighted by molar-refractivity contribution is -0.143. The van der Waals surface area contributed by atoms with Gasteiger partial charge < -0.3 is 20.3 Å². The van der Waals surface area contributed by atoms with E-state index in [1.807, 2.05) is 6.08 Å². The fourth-order valence-electron chi connectivity index (χ4n) is 8.68. The average Bonchev–Trinajstić information content (AvgIpc) is 3.31. The number of unbranched alkanes of at least 4 members (excludes halogenated alkanes) is 38. The number of hydrogen-bond donors (Lipinski definition) is 3. The highest BCUT2D eigenvalue weighted by atomic mass is 16.5. The van der Waals surface area contributed by atoms with Gasteiger partial charge >= 0.3 is 5.97 Å². The van der Waals surface area contributed by atoms with Crippen LogP contribution in [-0.2, 0) is 14.3 Å². The Balaban J connectivity index is 3.39. The van der Waals surface area contributed by atoms with Crippen molar-refractivity contribution < 1.29 is 24.5 Å². The molecule has 0 saturated carbocycles. The highest BCUT2D eigenvalue weighted by Gasteiger charge is 2.18. The first-order valence-electron chi connectivity index (χ1n) is 28.8. The number of carbonyl (C=O) groups is 2. The van der Waals surface area contributed by atoms with Crippen LogP contribution in [-0.4, -0.2) is 47.4 Å². The predicted octanol–water partition coefficient (Wildman–Crippen LogP) is 17.6. The van der Waals surface area contributed by atoms with Crippen molar-refractivity contribution in [1.82, 2.24) is 5.32 Å². The number of rotatable bonds is 53. The standard InChI is InChI=1S/C59H111NO5/c1-3-5-7-9-11-13-15-33-37-41-45-49-53-59(64)65-54-50-46-42-38-34-31-29-27-25-23-21-19-17-16-18-20-22-24-26-28-30-32-36-40-44-48-52-58(63)60-56(55-61)57(62)51-47-43-39-35-14-12-10-8-6-4-2/h11,13,16,18,47,51,56-57,61-62H,3-10,12,14-15,17,19-46,48-50,52-55H2,1-2H3,(H,60,63)/b13-11-,18-16-,51-47+. The van der Waals surface area contributed by atoms with E-state index in [1.165, 1.54) is 231 Å². The van der Waals surface area contributed by atoms with Crippen molar-refractivity contribution >= 4 is 11.9 Å². The summed E-state index contributed by atoms with van der Waals surface area (Å²) in [7, 11) is 0. The highest BCUT2D eigenvalue weighted by molar-refractivity contribution is 5.76. The zero-order chi connectivity index (χ0) is 47.2. The van der Waals surface area contributed by atoms with Crippen LogP contribution >= 0.6 is 0 Å². The SMILES string of the molecule is CCCCC/C=C\CCCCCCCC(=O)OCCCCCCCCCCCCCC/C=C\CCCCCCCCCCCCC(=O)NC(CO)C(O)/C=C/CCCCCCCCCC. The van der Waals surface area contributed by atoms with E-state index in [2.05, 4.69) is 43.5 Å². The second-order valence-corrected chi connectivity index (χ2v) is 19.6. The van der Waals surface area contributed by atoms with E-state index in [0.29, 0.717) is 19.4 Å². The third-order valence-electron chi connectivity index (χ3n) is 13.1. The summed E-state index contributed by atoms with van der Waals surface area (Å²) < 4.78 is 5.46. The fraction of sp³-hybridized carbons (Fsp3) is 0.864. The van der Waals surface area contributed by atoms with Gasteiger partial charge in [0.2, 0.25) is 5.91 Å². The number of allylic oxidation sites excluding steroid dienone is 5. The lowest BCUT2D eigenvalue weighted by Gasteiger charge is -2.20. The number of esters is 1. The zero-order valence-electron chi connectivity index (χ0n) is 43.5. The van der Waals surface area contributed by atoms with E-state index in [1.54, 1.807) is 6.08 Å². The first-order valence-corrected chi connectivity index (χ1v) is 28.8. The maximum atomic E-state index is 12.4. The largest absolute Gasteiger partial charge is 0.466 e. The molecule has 382 valence electrons. The molecule has 0 aliphatic carbocycles. The van der Waals surface area contributed by atoms with Crippen molar-refractivity contribution in [3.8, 4) is 0 Å². The number of aliphatic hydroxyl groups is 2. The molecule has 0 aromatic rings. The summed E-state index contributed by atoms with van der Waals surface area (Å²) in [6.45, 7) is 4.86. The van der Waals surface area contributed by atoms with Crippen molar-refractivity contribution in [2.24, 2.45) is 0 Å². The Morgan fingerprint density at radius 2 is 0.723 bits per heavy atom. The second-order valence-electron chi connectivity index (χ2n) is 19.6. The van der Waals surface area contributed by atoms with Crippen LogP contribution < -0.4 is 5.32 Å². The Morgan fingerprint density at radius 1 is 0.415 bits per heavy atom. The molecule has 0 saturated heterocycles. The molecular weight excluding hydrogens is 803 g/mol. The molecule has 1 amide bonds. The second kappa shape index (κ2) is 54.7. The Morgan fingerprint density at radius 3 is 1.12 bits per heavy atom. The molecule has 0 radical (unpaired) electrons. The molecule has 0 spiro atoms. The highest BCUT2D eigenvalue weighted by Crippen LogP contribution is 2.16. The summed E-state index contributed by atoms with van der Waals surface area (Å²) >= 11 is 0. The molecule has 0 rings (SSSR count). The molecule has 0 aliphatic rings. The fourth-order valence-corrected chi connectivity index (χ4v) is 8.68. The minimum Gasteiger partial charge on any atom is -0.466 e. The van der Waals surface area contributed by atoms with Gasteiger partial charge in [-0.25, -0.2) is 0 Å². The summed E-state index contributed by atoms with van der Waals surface area (Å²) in [4.78, 5) is 24.4. The number of amides is 1. The monoisotopic (exact) mass is 914 g/mol. The summed E-state index contributed by atoms with van der Waals surface area (Å²) in [5, 5.41) is 23.0. The van der Waals surface area contributed by atoms with E-state index < -0.39 is 12.1 Å². The third-order valence-corrected chi connectivity index (χ3v) is 13.1. The van der Waals surface area contributed by atoms with Crippen molar-refractivity contribution in [3.05, 3.63) is 36.5 Å². The van der Waals surface area contributed by atoms with Gasteiger partial charge in [-0.1, -0.05) is 243 Å². The maximum absolute atomic E-state index is 12.4. The molecular formula is C59H111NO5. The summed E-state index contributed by atoms with van der Waals surface area (Å²) in [5.74, 6) is -0.0686. The first kappa shape index (κ1) is 63.1. The molecule has 0 aromatic heterocycles. The van der Waals surface area contributed by atoms with Crippen molar-refractivity contribution in [3.63, 3.8) is 0 Å². The lowest BCUT2D eigenvalue weighted by atomic mass is 10.0. The van der Waals surface area contributed by atoms with E-state index in [-0.39, 0.29) is 18.5 Å². The zero-order valence-corrected chi connectivity index (χ0v) is 43.5.